The molecule has 0 spiro atoms. The maximum Gasteiger partial charge on any atom is 0.121 e. The van der Waals surface area contributed by atoms with Crippen molar-refractivity contribution in [1.82, 2.24) is 0 Å². The molecule has 0 heterocycles. The molecule has 0 bridgehead atoms. The largest absolute Gasteiger partial charge is 0.508 e. The number of benzene rings is 1. The van der Waals surface area contributed by atoms with Crippen LogP contribution in [0.25, 0.3) is 0 Å². The lowest BCUT2D eigenvalue weighted by Crippen LogP contribution is -2.23. The summed E-state index contributed by atoms with van der Waals surface area (Å²) in [6, 6.07) is 5.69. The molecule has 2 atom stereocenters. The second-order valence-electron chi connectivity index (χ2n) is 3.15. The second-order valence-corrected chi connectivity index (χ2v) is 3.15. The Kier molecular flexibility index (Phi) is 3.07. The van der Waals surface area contributed by atoms with Gasteiger partial charge in [-0.3, -0.25) is 0 Å². The lowest BCUT2D eigenvalue weighted by Gasteiger charge is -2.16. The first-order valence-corrected chi connectivity index (χ1v) is 4.23. The predicted octanol–water partition coefficient (Wildman–Crippen LogP) is 0.644. The molecule has 4 N–H and O–H groups in total. The molecule has 0 aliphatic heterocycles. The van der Waals surface area contributed by atoms with Gasteiger partial charge in [-0.1, -0.05) is 6.07 Å². The minimum atomic E-state index is -0.742. The molecule has 14 heavy (non-hydrogen) atoms. The number of aliphatic hydroxyl groups is 1. The zero-order valence-corrected chi connectivity index (χ0v) is 7.81. The maximum atomic E-state index is 9.50. The number of hydrogen-bond donors (Lipinski definition) is 3. The van der Waals surface area contributed by atoms with Crippen molar-refractivity contribution in [2.24, 2.45) is 5.73 Å². The van der Waals surface area contributed by atoms with Crippen molar-refractivity contribution in [3.63, 3.8) is 0 Å². The van der Waals surface area contributed by atoms with Gasteiger partial charge in [-0.25, -0.2) is 0 Å². The molecule has 0 radical (unpaired) electrons. The van der Waals surface area contributed by atoms with Gasteiger partial charge >= 0.3 is 0 Å². The number of nitrogens with two attached hydrogens (primary N) is 1. The Morgan fingerprint density at radius 3 is 2.57 bits per heavy atom. The Bertz CT molecular complexity index is 369. The fourth-order valence-electron chi connectivity index (χ4n) is 1.15. The molecule has 0 aliphatic rings. The summed E-state index contributed by atoms with van der Waals surface area (Å²) >= 11 is 0. The number of hydrogen-bond acceptors (Lipinski definition) is 4. The third-order valence-electron chi connectivity index (χ3n) is 2.04. The van der Waals surface area contributed by atoms with Crippen LogP contribution in [0.3, 0.4) is 0 Å². The molecule has 1 unspecified atom stereocenters. The molecule has 4 heteroatoms. The van der Waals surface area contributed by atoms with E-state index in [0.717, 1.165) is 0 Å². The van der Waals surface area contributed by atoms with Gasteiger partial charge in [0.2, 0.25) is 0 Å². The summed E-state index contributed by atoms with van der Waals surface area (Å²) in [5.41, 5.74) is 6.45. The van der Waals surface area contributed by atoms with Crippen LogP contribution in [0.5, 0.6) is 5.75 Å². The summed E-state index contributed by atoms with van der Waals surface area (Å²) in [6.45, 7) is 1.54. The van der Waals surface area contributed by atoms with E-state index in [1.807, 2.05) is 6.07 Å². The third-order valence-corrected chi connectivity index (χ3v) is 2.04. The molecule has 1 aromatic rings. The first kappa shape index (κ1) is 10.5. The van der Waals surface area contributed by atoms with Gasteiger partial charge < -0.3 is 15.9 Å². The lowest BCUT2D eigenvalue weighted by molar-refractivity contribution is 0.163. The van der Waals surface area contributed by atoms with E-state index in [0.29, 0.717) is 11.1 Å². The van der Waals surface area contributed by atoms with Crippen LogP contribution >= 0.6 is 0 Å². The smallest absolute Gasteiger partial charge is 0.121 e. The quantitative estimate of drug-likeness (QED) is 0.641. The summed E-state index contributed by atoms with van der Waals surface area (Å²) in [5.74, 6) is -0.0579. The standard InChI is InChI=1S/C10H12N2O2/c1-6(13)10(12)8-3-2-7(5-11)4-9(8)14/h2-4,6,10,13-14H,12H2,1H3/t6?,10-/m1/s1. The van der Waals surface area contributed by atoms with Gasteiger partial charge in [0.15, 0.2) is 0 Å². The Morgan fingerprint density at radius 1 is 1.50 bits per heavy atom. The molecule has 0 saturated carbocycles. The van der Waals surface area contributed by atoms with Gasteiger partial charge in [0, 0.05) is 5.56 Å². The molecular formula is C10H12N2O2. The Labute approximate surface area is 82.2 Å². The van der Waals surface area contributed by atoms with Crippen molar-refractivity contribution in [1.29, 1.82) is 5.26 Å². The number of aromatic hydroxyl groups is 1. The summed E-state index contributed by atoms with van der Waals surface area (Å²) in [6.07, 6.45) is -0.742. The molecule has 1 rings (SSSR count). The van der Waals surface area contributed by atoms with Gasteiger partial charge in [0.25, 0.3) is 0 Å². The van der Waals surface area contributed by atoms with Gasteiger partial charge in [0.1, 0.15) is 5.75 Å². The first-order chi connectivity index (χ1) is 6.56. The molecule has 0 amide bonds. The summed E-state index contributed by atoms with van der Waals surface area (Å²) in [4.78, 5) is 0. The minimum Gasteiger partial charge on any atom is -0.508 e. The molecular weight excluding hydrogens is 180 g/mol. The SMILES string of the molecule is CC(O)[C@@H](N)c1ccc(C#N)cc1O. The van der Waals surface area contributed by atoms with Crippen LogP contribution in [-0.2, 0) is 0 Å². The van der Waals surface area contributed by atoms with Crippen molar-refractivity contribution in [2.45, 2.75) is 19.1 Å². The van der Waals surface area contributed by atoms with E-state index in [4.69, 9.17) is 11.0 Å². The lowest BCUT2D eigenvalue weighted by atomic mass is 10.0. The van der Waals surface area contributed by atoms with Crippen LogP contribution < -0.4 is 5.73 Å². The minimum absolute atomic E-state index is 0.0579. The summed E-state index contributed by atoms with van der Waals surface area (Å²) < 4.78 is 0. The Morgan fingerprint density at radius 2 is 2.14 bits per heavy atom. The van der Waals surface area contributed by atoms with Gasteiger partial charge in [-0.15, -0.1) is 0 Å². The van der Waals surface area contributed by atoms with E-state index in [1.54, 1.807) is 19.1 Å². The van der Waals surface area contributed by atoms with Crippen LogP contribution in [0, 0.1) is 11.3 Å². The monoisotopic (exact) mass is 192 g/mol. The topological polar surface area (TPSA) is 90.3 Å². The highest BCUT2D eigenvalue weighted by Gasteiger charge is 2.15. The summed E-state index contributed by atoms with van der Waals surface area (Å²) in [7, 11) is 0. The second kappa shape index (κ2) is 4.09. The molecule has 1 aromatic carbocycles. The number of nitrogens with zero attached hydrogens (tertiary/aromatic N) is 1. The van der Waals surface area contributed by atoms with Gasteiger partial charge in [0.05, 0.1) is 23.8 Å². The van der Waals surface area contributed by atoms with E-state index < -0.39 is 12.1 Å². The van der Waals surface area contributed by atoms with Gasteiger partial charge in [-0.05, 0) is 19.1 Å². The van der Waals surface area contributed by atoms with Crippen molar-refractivity contribution in [2.75, 3.05) is 0 Å². The van der Waals surface area contributed by atoms with E-state index >= 15 is 0 Å². The third kappa shape index (κ3) is 2.02. The highest BCUT2D eigenvalue weighted by molar-refractivity contribution is 5.43. The number of nitriles is 1. The number of phenols is 1. The van der Waals surface area contributed by atoms with Crippen LogP contribution in [0.15, 0.2) is 18.2 Å². The maximum absolute atomic E-state index is 9.50. The molecule has 4 nitrogen and oxygen atoms in total. The molecule has 0 aromatic heterocycles. The highest BCUT2D eigenvalue weighted by atomic mass is 16.3. The van der Waals surface area contributed by atoms with Crippen molar-refractivity contribution in [3.05, 3.63) is 29.3 Å². The first-order valence-electron chi connectivity index (χ1n) is 4.23. The van der Waals surface area contributed by atoms with Crippen molar-refractivity contribution < 1.29 is 10.2 Å². The highest BCUT2D eigenvalue weighted by Crippen LogP contribution is 2.25. The molecule has 74 valence electrons. The zero-order valence-electron chi connectivity index (χ0n) is 7.81. The van der Waals surface area contributed by atoms with Crippen molar-refractivity contribution >= 4 is 0 Å². The number of aliphatic hydroxyl groups excluding tert-OH is 1. The van der Waals surface area contributed by atoms with Crippen LogP contribution in [0.2, 0.25) is 0 Å². The number of rotatable bonds is 2. The predicted molar refractivity (Wildman–Crippen MR) is 51.4 cm³/mol. The Hall–Kier alpha value is -1.57. The summed E-state index contributed by atoms with van der Waals surface area (Å²) in [5, 5.41) is 27.3. The zero-order chi connectivity index (χ0) is 10.7. The fourth-order valence-corrected chi connectivity index (χ4v) is 1.15. The molecule has 0 fully saturated rings. The van der Waals surface area contributed by atoms with E-state index in [1.165, 1.54) is 6.07 Å². The van der Waals surface area contributed by atoms with Crippen LogP contribution in [-0.4, -0.2) is 16.3 Å². The molecule has 0 aliphatic carbocycles. The average molecular weight is 192 g/mol. The van der Waals surface area contributed by atoms with E-state index in [2.05, 4.69) is 0 Å². The van der Waals surface area contributed by atoms with E-state index in [9.17, 15) is 10.2 Å². The van der Waals surface area contributed by atoms with Crippen molar-refractivity contribution in [3.8, 4) is 11.8 Å². The van der Waals surface area contributed by atoms with Gasteiger partial charge in [-0.2, -0.15) is 5.26 Å². The normalized spacial score (nSPS) is 14.4. The fraction of sp³-hybridized carbons (Fsp3) is 0.300. The molecule has 0 saturated heterocycles. The van der Waals surface area contributed by atoms with Crippen LogP contribution in [0.4, 0.5) is 0 Å². The van der Waals surface area contributed by atoms with E-state index in [-0.39, 0.29) is 5.75 Å². The van der Waals surface area contributed by atoms with Crippen LogP contribution in [0.1, 0.15) is 24.1 Å². The Balaban J connectivity index is 3.07. The average Bonchev–Trinajstić information content (AvgIpc) is 2.16. The number of phenolic OH excluding ortho intramolecular Hbond substituents is 1.